The molecular formula is C12H13NS. The minimum absolute atomic E-state index is 0.0612. The van der Waals surface area contributed by atoms with Gasteiger partial charge in [-0.15, -0.1) is 0 Å². The number of para-hydroxylation sites is 1. The summed E-state index contributed by atoms with van der Waals surface area (Å²) in [5.41, 5.74) is 2.23. The number of thiocarbonyl (C=S) groups is 1. The summed E-state index contributed by atoms with van der Waals surface area (Å²) >= 11 is 5.34. The Balaban J connectivity index is 2.49. The van der Waals surface area contributed by atoms with E-state index in [2.05, 4.69) is 37.4 Å². The van der Waals surface area contributed by atoms with Gasteiger partial charge in [0.1, 0.15) is 0 Å². The fourth-order valence-electron chi connectivity index (χ4n) is 1.41. The Bertz CT molecular complexity index is 405. The highest BCUT2D eigenvalue weighted by atomic mass is 32.1. The van der Waals surface area contributed by atoms with E-state index in [1.54, 1.807) is 0 Å². The second-order valence-corrected chi connectivity index (χ2v) is 4.50. The number of hydrogen-bond acceptors (Lipinski definition) is 1. The average Bonchev–Trinajstić information content (AvgIpc) is 2.26. The second kappa shape index (κ2) is 3.21. The summed E-state index contributed by atoms with van der Waals surface area (Å²) in [6.45, 7) is 4.23. The Hall–Kier alpha value is -1.15. The van der Waals surface area contributed by atoms with Gasteiger partial charge in [0, 0.05) is 11.1 Å². The van der Waals surface area contributed by atoms with E-state index in [1.165, 1.54) is 5.56 Å². The van der Waals surface area contributed by atoms with Gasteiger partial charge in [-0.25, -0.2) is 0 Å². The van der Waals surface area contributed by atoms with Crippen molar-refractivity contribution in [2.24, 2.45) is 5.41 Å². The first-order valence-electron chi connectivity index (χ1n) is 4.69. The summed E-state index contributed by atoms with van der Waals surface area (Å²) in [5.74, 6) is 0. The van der Waals surface area contributed by atoms with Gasteiger partial charge in [-0.1, -0.05) is 42.6 Å². The molecule has 1 aromatic rings. The molecule has 0 saturated carbocycles. The number of hydrogen-bond donors (Lipinski definition) is 1. The van der Waals surface area contributed by atoms with Crippen LogP contribution in [0.1, 0.15) is 19.4 Å². The van der Waals surface area contributed by atoms with E-state index in [0.717, 1.165) is 10.7 Å². The molecule has 2 rings (SSSR count). The maximum absolute atomic E-state index is 5.34. The minimum atomic E-state index is -0.0612. The predicted molar refractivity (Wildman–Crippen MR) is 65.5 cm³/mol. The molecule has 1 N–H and O–H groups in total. The van der Waals surface area contributed by atoms with Crippen LogP contribution in [0.2, 0.25) is 0 Å². The molecule has 1 aliphatic rings. The summed E-state index contributed by atoms with van der Waals surface area (Å²) < 4.78 is 0. The lowest BCUT2D eigenvalue weighted by molar-refractivity contribution is 0.691. The molecule has 0 atom stereocenters. The van der Waals surface area contributed by atoms with Gasteiger partial charge in [-0.2, -0.15) is 0 Å². The van der Waals surface area contributed by atoms with Crippen LogP contribution >= 0.6 is 12.2 Å². The highest BCUT2D eigenvalue weighted by Crippen LogP contribution is 2.29. The summed E-state index contributed by atoms with van der Waals surface area (Å²) in [7, 11) is 0. The van der Waals surface area contributed by atoms with Crippen LogP contribution < -0.4 is 5.32 Å². The number of fused-ring (bicyclic) bond motifs is 1. The van der Waals surface area contributed by atoms with Gasteiger partial charge in [0.15, 0.2) is 0 Å². The minimum Gasteiger partial charge on any atom is -0.349 e. The summed E-state index contributed by atoms with van der Waals surface area (Å²) in [6, 6.07) is 8.18. The predicted octanol–water partition coefficient (Wildman–Crippen LogP) is 3.48. The highest BCUT2D eigenvalue weighted by Gasteiger charge is 2.22. The molecule has 0 unspecified atom stereocenters. The maximum Gasteiger partial charge on any atom is 0.0892 e. The summed E-state index contributed by atoms with van der Waals surface area (Å²) in [5, 5.41) is 3.28. The maximum atomic E-state index is 5.34. The van der Waals surface area contributed by atoms with E-state index in [0.29, 0.717) is 0 Å². The van der Waals surface area contributed by atoms with Gasteiger partial charge in [-0.05, 0) is 25.5 Å². The summed E-state index contributed by atoms with van der Waals surface area (Å²) in [6.07, 6.45) is 4.27. The molecular weight excluding hydrogens is 190 g/mol. The van der Waals surface area contributed by atoms with Crippen LogP contribution in [0.15, 0.2) is 30.3 Å². The van der Waals surface area contributed by atoms with Crippen molar-refractivity contribution < 1.29 is 0 Å². The highest BCUT2D eigenvalue weighted by molar-refractivity contribution is 7.80. The van der Waals surface area contributed by atoms with Crippen LogP contribution in [0.5, 0.6) is 0 Å². The third-order valence-electron chi connectivity index (χ3n) is 2.47. The zero-order valence-corrected chi connectivity index (χ0v) is 9.19. The molecule has 1 aliphatic heterocycles. The number of benzene rings is 1. The molecule has 0 spiro atoms. The number of anilines is 1. The van der Waals surface area contributed by atoms with Gasteiger partial charge in [0.2, 0.25) is 0 Å². The number of rotatable bonds is 0. The quantitative estimate of drug-likeness (QED) is 0.648. The van der Waals surface area contributed by atoms with E-state index in [4.69, 9.17) is 12.2 Å². The Kier molecular flexibility index (Phi) is 2.16. The first-order chi connectivity index (χ1) is 6.59. The molecule has 0 aromatic heterocycles. The fourth-order valence-corrected chi connectivity index (χ4v) is 1.59. The van der Waals surface area contributed by atoms with E-state index in [9.17, 15) is 0 Å². The third kappa shape index (κ3) is 1.58. The normalized spacial score (nSPS) is 18.3. The largest absolute Gasteiger partial charge is 0.349 e. The van der Waals surface area contributed by atoms with Gasteiger partial charge in [-0.3, -0.25) is 0 Å². The summed E-state index contributed by atoms with van der Waals surface area (Å²) in [4.78, 5) is 0.874. The lowest BCUT2D eigenvalue weighted by atomic mass is 9.93. The van der Waals surface area contributed by atoms with Crippen molar-refractivity contribution in [2.45, 2.75) is 13.8 Å². The first-order valence-corrected chi connectivity index (χ1v) is 5.10. The topological polar surface area (TPSA) is 12.0 Å². The van der Waals surface area contributed by atoms with E-state index in [1.807, 2.05) is 18.2 Å². The van der Waals surface area contributed by atoms with Gasteiger partial charge in [0.05, 0.1) is 4.99 Å². The molecule has 0 radical (unpaired) electrons. The standard InChI is InChI=1S/C12H13NS/c1-12(2)8-7-9-5-3-4-6-10(9)13-11(12)14/h3-8H,1-2H3,(H,13,14). The Labute approximate surface area is 89.8 Å². The molecule has 14 heavy (non-hydrogen) atoms. The zero-order valence-electron chi connectivity index (χ0n) is 8.37. The third-order valence-corrected chi connectivity index (χ3v) is 3.10. The van der Waals surface area contributed by atoms with Crippen molar-refractivity contribution >= 4 is 29.0 Å². The van der Waals surface area contributed by atoms with Crippen LogP contribution in [0.3, 0.4) is 0 Å². The van der Waals surface area contributed by atoms with Crippen LogP contribution in [0, 0.1) is 5.41 Å². The SMILES string of the molecule is CC1(C)C=Cc2ccccc2NC1=S. The molecule has 0 fully saturated rings. The fraction of sp³-hybridized carbons (Fsp3) is 0.250. The van der Waals surface area contributed by atoms with Crippen molar-refractivity contribution in [1.82, 2.24) is 0 Å². The molecule has 1 aromatic carbocycles. The van der Waals surface area contributed by atoms with E-state index < -0.39 is 0 Å². The van der Waals surface area contributed by atoms with Crippen molar-refractivity contribution in [3.8, 4) is 0 Å². The Morgan fingerprint density at radius 1 is 1.21 bits per heavy atom. The zero-order chi connectivity index (χ0) is 10.2. The second-order valence-electron chi connectivity index (χ2n) is 4.10. The molecule has 0 saturated heterocycles. The van der Waals surface area contributed by atoms with Crippen molar-refractivity contribution in [3.05, 3.63) is 35.9 Å². The average molecular weight is 203 g/mol. The van der Waals surface area contributed by atoms with E-state index in [-0.39, 0.29) is 5.41 Å². The van der Waals surface area contributed by atoms with Gasteiger partial charge in [0.25, 0.3) is 0 Å². The van der Waals surface area contributed by atoms with Crippen molar-refractivity contribution in [1.29, 1.82) is 0 Å². The smallest absolute Gasteiger partial charge is 0.0892 e. The molecule has 0 bridgehead atoms. The van der Waals surface area contributed by atoms with Gasteiger partial charge >= 0.3 is 0 Å². The monoisotopic (exact) mass is 203 g/mol. The van der Waals surface area contributed by atoms with Crippen LogP contribution in [0.4, 0.5) is 5.69 Å². The molecule has 2 heteroatoms. The molecule has 72 valence electrons. The van der Waals surface area contributed by atoms with Crippen molar-refractivity contribution in [2.75, 3.05) is 5.32 Å². The first kappa shape index (κ1) is 9.41. The van der Waals surface area contributed by atoms with Crippen LogP contribution in [-0.4, -0.2) is 4.99 Å². The molecule has 1 nitrogen and oxygen atoms in total. The van der Waals surface area contributed by atoms with Crippen LogP contribution in [-0.2, 0) is 0 Å². The van der Waals surface area contributed by atoms with Crippen LogP contribution in [0.25, 0.3) is 6.08 Å². The Morgan fingerprint density at radius 2 is 1.93 bits per heavy atom. The van der Waals surface area contributed by atoms with E-state index >= 15 is 0 Å². The van der Waals surface area contributed by atoms with Gasteiger partial charge < -0.3 is 5.32 Å². The molecule has 0 amide bonds. The molecule has 0 aliphatic carbocycles. The number of nitrogens with one attached hydrogen (secondary N) is 1. The lowest BCUT2D eigenvalue weighted by Crippen LogP contribution is -2.25. The molecule has 1 heterocycles. The Morgan fingerprint density at radius 3 is 2.71 bits per heavy atom. The lowest BCUT2D eigenvalue weighted by Gasteiger charge is -2.20. The van der Waals surface area contributed by atoms with Crippen molar-refractivity contribution in [3.63, 3.8) is 0 Å².